The lowest BCUT2D eigenvalue weighted by Crippen LogP contribution is -2.21. The number of thioether (sulfide) groups is 1. The fourth-order valence-corrected chi connectivity index (χ4v) is 2.16. The van der Waals surface area contributed by atoms with Gasteiger partial charge in [0.05, 0.1) is 5.75 Å². The number of aromatic nitrogens is 2. The third kappa shape index (κ3) is 5.50. The maximum Gasteiger partial charge on any atom is 0.138 e. The predicted octanol–water partition coefficient (Wildman–Crippen LogP) is 2.79. The monoisotopic (exact) mass is 253 g/mol. The zero-order chi connectivity index (χ0) is 12.7. The van der Waals surface area contributed by atoms with Crippen molar-refractivity contribution in [3.05, 3.63) is 23.8 Å². The van der Waals surface area contributed by atoms with Gasteiger partial charge in [-0.3, -0.25) is 0 Å². The van der Waals surface area contributed by atoms with Gasteiger partial charge in [0, 0.05) is 23.7 Å². The van der Waals surface area contributed by atoms with E-state index in [1.54, 1.807) is 0 Å². The fraction of sp³-hybridized carbons (Fsp3) is 0.692. The molecule has 0 radical (unpaired) electrons. The van der Waals surface area contributed by atoms with Crippen molar-refractivity contribution in [2.45, 2.75) is 57.1 Å². The van der Waals surface area contributed by atoms with E-state index in [2.05, 4.69) is 30.7 Å². The second-order valence-electron chi connectivity index (χ2n) is 4.41. The maximum absolute atomic E-state index is 5.90. The van der Waals surface area contributed by atoms with Gasteiger partial charge in [-0.1, -0.05) is 20.8 Å². The second kappa shape index (κ2) is 7.67. The summed E-state index contributed by atoms with van der Waals surface area (Å²) in [5.41, 5.74) is 7.04. The van der Waals surface area contributed by atoms with Crippen LogP contribution in [0.3, 0.4) is 0 Å². The lowest BCUT2D eigenvalue weighted by Gasteiger charge is -2.09. The van der Waals surface area contributed by atoms with Crippen molar-refractivity contribution in [2.24, 2.45) is 5.73 Å². The van der Waals surface area contributed by atoms with Gasteiger partial charge in [-0.05, 0) is 24.8 Å². The van der Waals surface area contributed by atoms with Crippen LogP contribution in [0.15, 0.2) is 12.4 Å². The summed E-state index contributed by atoms with van der Waals surface area (Å²) in [6, 6.07) is 0.221. The van der Waals surface area contributed by atoms with Crippen LogP contribution in [-0.4, -0.2) is 21.3 Å². The molecule has 0 aromatic carbocycles. The highest BCUT2D eigenvalue weighted by molar-refractivity contribution is 7.99. The van der Waals surface area contributed by atoms with Crippen molar-refractivity contribution in [3.63, 3.8) is 0 Å². The van der Waals surface area contributed by atoms with Gasteiger partial charge in [0.25, 0.3) is 0 Å². The Morgan fingerprint density at radius 1 is 1.24 bits per heavy atom. The van der Waals surface area contributed by atoms with Gasteiger partial charge in [0.2, 0.25) is 0 Å². The first-order valence-electron chi connectivity index (χ1n) is 6.32. The molecule has 2 N–H and O–H groups in total. The van der Waals surface area contributed by atoms with E-state index in [9.17, 15) is 0 Å². The van der Waals surface area contributed by atoms with E-state index in [0.29, 0.717) is 5.25 Å². The van der Waals surface area contributed by atoms with Crippen LogP contribution in [0.4, 0.5) is 0 Å². The average molecular weight is 253 g/mol. The molecule has 0 saturated carbocycles. The molecule has 4 heteroatoms. The molecule has 0 spiro atoms. The van der Waals surface area contributed by atoms with Crippen molar-refractivity contribution in [3.8, 4) is 0 Å². The Morgan fingerprint density at radius 3 is 2.41 bits per heavy atom. The first kappa shape index (κ1) is 14.5. The summed E-state index contributed by atoms with van der Waals surface area (Å²) < 4.78 is 0. The third-order valence-electron chi connectivity index (χ3n) is 2.85. The van der Waals surface area contributed by atoms with Crippen LogP contribution in [-0.2, 0) is 12.2 Å². The molecule has 1 rings (SSSR count). The van der Waals surface area contributed by atoms with Gasteiger partial charge < -0.3 is 5.73 Å². The summed E-state index contributed by atoms with van der Waals surface area (Å²) in [6.07, 6.45) is 6.87. The highest BCUT2D eigenvalue weighted by atomic mass is 32.2. The normalized spacial score (nSPS) is 14.6. The minimum Gasteiger partial charge on any atom is -0.327 e. The molecule has 96 valence electrons. The van der Waals surface area contributed by atoms with Crippen LogP contribution in [0.2, 0.25) is 0 Å². The van der Waals surface area contributed by atoms with Gasteiger partial charge in [-0.2, -0.15) is 11.8 Å². The second-order valence-corrected chi connectivity index (χ2v) is 5.84. The summed E-state index contributed by atoms with van der Waals surface area (Å²) in [7, 11) is 0. The summed E-state index contributed by atoms with van der Waals surface area (Å²) in [5.74, 6) is 1.82. The third-order valence-corrected chi connectivity index (χ3v) is 4.18. The van der Waals surface area contributed by atoms with Gasteiger partial charge in [0.1, 0.15) is 5.82 Å². The summed E-state index contributed by atoms with van der Waals surface area (Å²) >= 11 is 1.90. The predicted molar refractivity (Wildman–Crippen MR) is 75.1 cm³/mol. The van der Waals surface area contributed by atoms with Gasteiger partial charge in [-0.15, -0.1) is 0 Å². The molecule has 1 heterocycles. The van der Waals surface area contributed by atoms with Crippen LogP contribution in [0.25, 0.3) is 0 Å². The summed E-state index contributed by atoms with van der Waals surface area (Å²) in [5, 5.41) is 0.673. The Labute approximate surface area is 109 Å². The molecular weight excluding hydrogens is 230 g/mol. The highest BCUT2D eigenvalue weighted by Gasteiger charge is 2.05. The molecule has 3 nitrogen and oxygen atoms in total. The van der Waals surface area contributed by atoms with Crippen LogP contribution in [0.5, 0.6) is 0 Å². The Morgan fingerprint density at radius 2 is 1.88 bits per heavy atom. The van der Waals surface area contributed by atoms with E-state index in [0.717, 1.165) is 30.0 Å². The van der Waals surface area contributed by atoms with Crippen molar-refractivity contribution < 1.29 is 0 Å². The number of nitrogens with zero attached hydrogens (tertiary/aromatic N) is 2. The zero-order valence-corrected chi connectivity index (χ0v) is 11.8. The topological polar surface area (TPSA) is 51.8 Å². The Bertz CT molecular complexity index is 313. The molecular formula is C13H23N3S. The summed E-state index contributed by atoms with van der Waals surface area (Å²) in [6.45, 7) is 6.54. The summed E-state index contributed by atoms with van der Waals surface area (Å²) in [4.78, 5) is 8.77. The quantitative estimate of drug-likeness (QED) is 0.812. The number of hydrogen-bond acceptors (Lipinski definition) is 4. The first-order chi connectivity index (χ1) is 8.15. The molecule has 0 aliphatic heterocycles. The molecule has 0 aliphatic carbocycles. The van der Waals surface area contributed by atoms with Gasteiger partial charge in [-0.25, -0.2) is 9.97 Å². The molecule has 1 aromatic heterocycles. The molecule has 17 heavy (non-hydrogen) atoms. The van der Waals surface area contributed by atoms with Crippen LogP contribution in [0, 0.1) is 0 Å². The van der Waals surface area contributed by atoms with Crippen LogP contribution < -0.4 is 5.73 Å². The molecule has 0 fully saturated rings. The molecule has 0 saturated heterocycles. The Kier molecular flexibility index (Phi) is 6.52. The first-order valence-corrected chi connectivity index (χ1v) is 7.37. The van der Waals surface area contributed by atoms with Crippen molar-refractivity contribution in [2.75, 3.05) is 0 Å². The van der Waals surface area contributed by atoms with E-state index < -0.39 is 0 Å². The van der Waals surface area contributed by atoms with Crippen LogP contribution >= 0.6 is 11.8 Å². The lowest BCUT2D eigenvalue weighted by molar-refractivity contribution is 0.642. The Hall–Kier alpha value is -0.610. The Balaban J connectivity index is 2.44. The average Bonchev–Trinajstić information content (AvgIpc) is 2.37. The van der Waals surface area contributed by atoms with Crippen molar-refractivity contribution in [1.82, 2.24) is 9.97 Å². The smallest absolute Gasteiger partial charge is 0.138 e. The number of hydrogen-bond donors (Lipinski definition) is 1. The molecule has 0 bridgehead atoms. The standard InChI is InChI=1S/C13H23N3S/c1-4-10(3)17-9-13-15-7-11(8-16-13)6-12(14)5-2/h7-8,10,12H,4-6,9,14H2,1-3H3. The minimum atomic E-state index is 0.221. The number of nitrogens with two attached hydrogens (primary N) is 1. The molecule has 0 aliphatic rings. The van der Waals surface area contributed by atoms with E-state index in [4.69, 9.17) is 5.73 Å². The highest BCUT2D eigenvalue weighted by Crippen LogP contribution is 2.17. The van der Waals surface area contributed by atoms with Gasteiger partial charge in [0.15, 0.2) is 0 Å². The number of rotatable bonds is 7. The molecule has 2 atom stereocenters. The maximum atomic E-state index is 5.90. The largest absolute Gasteiger partial charge is 0.327 e. The van der Waals surface area contributed by atoms with Crippen molar-refractivity contribution >= 4 is 11.8 Å². The van der Waals surface area contributed by atoms with Gasteiger partial charge >= 0.3 is 0 Å². The fourth-order valence-electron chi connectivity index (χ4n) is 1.34. The lowest BCUT2D eigenvalue weighted by atomic mass is 10.1. The van der Waals surface area contributed by atoms with E-state index >= 15 is 0 Å². The van der Waals surface area contributed by atoms with Crippen LogP contribution in [0.1, 0.15) is 45.0 Å². The van der Waals surface area contributed by atoms with E-state index in [-0.39, 0.29) is 6.04 Å². The van der Waals surface area contributed by atoms with Crippen molar-refractivity contribution in [1.29, 1.82) is 0 Å². The van der Waals surface area contributed by atoms with E-state index in [1.165, 1.54) is 6.42 Å². The minimum absolute atomic E-state index is 0.221. The van der Waals surface area contributed by atoms with E-state index in [1.807, 2.05) is 24.2 Å². The SMILES string of the molecule is CCC(N)Cc1cnc(CSC(C)CC)nc1. The molecule has 0 amide bonds. The zero-order valence-electron chi connectivity index (χ0n) is 11.0. The molecule has 1 aromatic rings. The molecule has 2 unspecified atom stereocenters.